The lowest BCUT2D eigenvalue weighted by molar-refractivity contribution is -0.111. The summed E-state index contributed by atoms with van der Waals surface area (Å²) >= 11 is 13.1. The van der Waals surface area contributed by atoms with E-state index in [0.29, 0.717) is 26.2 Å². The highest BCUT2D eigenvalue weighted by Crippen LogP contribution is 2.32. The molecule has 23 heavy (non-hydrogen) atoms. The van der Waals surface area contributed by atoms with Crippen molar-refractivity contribution in [2.75, 3.05) is 5.32 Å². The molecule has 1 aromatic carbocycles. The molecular weight excluding hydrogens is 357 g/mol. The second kappa shape index (κ2) is 7.17. The zero-order chi connectivity index (χ0) is 17.1. The smallest absolute Gasteiger partial charge is 0.338 e. The van der Waals surface area contributed by atoms with E-state index < -0.39 is 11.9 Å². The molecule has 2 rings (SSSR count). The summed E-state index contributed by atoms with van der Waals surface area (Å²) in [5, 5.41) is 13.1. The van der Waals surface area contributed by atoms with E-state index in [-0.39, 0.29) is 5.56 Å². The van der Waals surface area contributed by atoms with Crippen LogP contribution in [0.15, 0.2) is 24.3 Å². The van der Waals surface area contributed by atoms with E-state index in [4.69, 9.17) is 23.2 Å². The van der Waals surface area contributed by atoms with Crippen LogP contribution < -0.4 is 5.32 Å². The third-order valence-corrected chi connectivity index (χ3v) is 4.90. The number of carboxylic acids is 1. The first-order valence-corrected chi connectivity index (χ1v) is 8.14. The molecule has 0 spiro atoms. The number of halogens is 2. The van der Waals surface area contributed by atoms with Gasteiger partial charge in [-0.15, -0.1) is 11.3 Å². The summed E-state index contributed by atoms with van der Waals surface area (Å²) in [4.78, 5) is 24.2. The minimum Gasteiger partial charge on any atom is -0.478 e. The molecule has 0 saturated heterocycles. The van der Waals surface area contributed by atoms with Crippen LogP contribution >= 0.6 is 34.5 Å². The SMILES string of the molecule is Cc1sc(NC(=O)/C=C/c2ccc(Cl)cc2Cl)c(C(=O)O)c1C. The summed E-state index contributed by atoms with van der Waals surface area (Å²) in [6, 6.07) is 4.94. The Morgan fingerprint density at radius 1 is 1.26 bits per heavy atom. The summed E-state index contributed by atoms with van der Waals surface area (Å²) in [5.41, 5.74) is 1.42. The van der Waals surface area contributed by atoms with Crippen LogP contribution in [0, 0.1) is 13.8 Å². The summed E-state index contributed by atoms with van der Waals surface area (Å²) in [6.07, 6.45) is 2.84. The number of carbonyl (C=O) groups excluding carboxylic acids is 1. The zero-order valence-corrected chi connectivity index (χ0v) is 14.6. The minimum atomic E-state index is -1.06. The average Bonchev–Trinajstić information content (AvgIpc) is 2.72. The Hall–Kier alpha value is -1.82. The molecule has 4 nitrogen and oxygen atoms in total. The second-order valence-corrected chi connectivity index (χ2v) is 6.85. The van der Waals surface area contributed by atoms with Gasteiger partial charge in [0.15, 0.2) is 0 Å². The molecule has 0 radical (unpaired) electrons. The maximum Gasteiger partial charge on any atom is 0.338 e. The van der Waals surface area contributed by atoms with Crippen molar-refractivity contribution in [1.82, 2.24) is 0 Å². The van der Waals surface area contributed by atoms with Crippen LogP contribution in [-0.2, 0) is 4.79 Å². The molecule has 0 unspecified atom stereocenters. The number of hydrogen-bond donors (Lipinski definition) is 2. The van der Waals surface area contributed by atoms with Gasteiger partial charge in [0.05, 0.1) is 5.56 Å². The third kappa shape index (κ3) is 4.13. The zero-order valence-electron chi connectivity index (χ0n) is 12.3. The Morgan fingerprint density at radius 3 is 2.57 bits per heavy atom. The number of carboxylic acid groups (broad SMARTS) is 1. The van der Waals surface area contributed by atoms with E-state index in [2.05, 4.69) is 5.32 Å². The first-order valence-electron chi connectivity index (χ1n) is 6.57. The van der Waals surface area contributed by atoms with Gasteiger partial charge in [-0.3, -0.25) is 4.79 Å². The summed E-state index contributed by atoms with van der Waals surface area (Å²) in [6.45, 7) is 3.53. The molecule has 120 valence electrons. The number of rotatable bonds is 4. The molecule has 0 atom stereocenters. The third-order valence-electron chi connectivity index (χ3n) is 3.21. The van der Waals surface area contributed by atoms with Crippen molar-refractivity contribution in [3.63, 3.8) is 0 Å². The van der Waals surface area contributed by atoms with Crippen molar-refractivity contribution in [1.29, 1.82) is 0 Å². The van der Waals surface area contributed by atoms with Gasteiger partial charge >= 0.3 is 5.97 Å². The molecule has 0 saturated carbocycles. The summed E-state index contributed by atoms with van der Waals surface area (Å²) in [7, 11) is 0. The van der Waals surface area contributed by atoms with Crippen molar-refractivity contribution in [3.05, 3.63) is 55.9 Å². The number of amides is 1. The van der Waals surface area contributed by atoms with E-state index in [1.807, 2.05) is 6.92 Å². The van der Waals surface area contributed by atoms with Gasteiger partial charge in [-0.05, 0) is 43.2 Å². The monoisotopic (exact) mass is 369 g/mol. The van der Waals surface area contributed by atoms with E-state index in [1.165, 1.54) is 17.4 Å². The highest BCUT2D eigenvalue weighted by atomic mass is 35.5. The van der Waals surface area contributed by atoms with Crippen molar-refractivity contribution in [3.8, 4) is 0 Å². The molecule has 0 fully saturated rings. The maximum atomic E-state index is 12.0. The number of carbonyl (C=O) groups is 2. The van der Waals surface area contributed by atoms with Crippen molar-refractivity contribution in [2.45, 2.75) is 13.8 Å². The second-order valence-electron chi connectivity index (χ2n) is 4.78. The van der Waals surface area contributed by atoms with Gasteiger partial charge in [0.25, 0.3) is 0 Å². The Labute approximate surface area is 147 Å². The van der Waals surface area contributed by atoms with Gasteiger partial charge in [-0.25, -0.2) is 4.79 Å². The molecular formula is C16H13Cl2NO3S. The molecule has 0 aliphatic heterocycles. The topological polar surface area (TPSA) is 66.4 Å². The van der Waals surface area contributed by atoms with E-state index in [1.54, 1.807) is 31.2 Å². The molecule has 1 aromatic heterocycles. The van der Waals surface area contributed by atoms with E-state index in [9.17, 15) is 14.7 Å². The maximum absolute atomic E-state index is 12.0. The van der Waals surface area contributed by atoms with Gasteiger partial charge in [0, 0.05) is 21.0 Å². The molecule has 2 N–H and O–H groups in total. The number of hydrogen-bond acceptors (Lipinski definition) is 3. The van der Waals surface area contributed by atoms with Crippen LogP contribution in [0.1, 0.15) is 26.4 Å². The fourth-order valence-corrected chi connectivity index (χ4v) is 3.46. The largest absolute Gasteiger partial charge is 0.478 e. The standard InChI is InChI=1S/C16H13Cl2NO3S/c1-8-9(2)23-15(14(8)16(21)22)19-13(20)6-4-10-3-5-11(17)7-12(10)18/h3-7H,1-2H3,(H,19,20)(H,21,22)/b6-4+. The molecule has 0 aliphatic carbocycles. The minimum absolute atomic E-state index is 0.124. The lowest BCUT2D eigenvalue weighted by Gasteiger charge is -2.02. The first kappa shape index (κ1) is 17.5. The first-order chi connectivity index (χ1) is 10.8. The number of nitrogens with one attached hydrogen (secondary N) is 1. The molecule has 2 aromatic rings. The van der Waals surface area contributed by atoms with Gasteiger partial charge in [-0.1, -0.05) is 29.3 Å². The highest BCUT2D eigenvalue weighted by Gasteiger charge is 2.19. The number of benzene rings is 1. The predicted molar refractivity (Wildman–Crippen MR) is 94.9 cm³/mol. The normalized spacial score (nSPS) is 11.0. The Morgan fingerprint density at radius 2 is 1.96 bits per heavy atom. The molecule has 1 amide bonds. The average molecular weight is 370 g/mol. The Kier molecular flexibility index (Phi) is 5.46. The van der Waals surface area contributed by atoms with Gasteiger partial charge in [0.1, 0.15) is 5.00 Å². The van der Waals surface area contributed by atoms with Crippen LogP contribution in [0.4, 0.5) is 5.00 Å². The van der Waals surface area contributed by atoms with Crippen molar-refractivity contribution >= 4 is 57.5 Å². The number of aromatic carboxylic acids is 1. The van der Waals surface area contributed by atoms with Crippen LogP contribution in [0.25, 0.3) is 6.08 Å². The van der Waals surface area contributed by atoms with Gasteiger partial charge in [0.2, 0.25) is 5.91 Å². The molecule has 0 aliphatic rings. The Balaban J connectivity index is 2.18. The van der Waals surface area contributed by atoms with Crippen LogP contribution in [0.3, 0.4) is 0 Å². The fraction of sp³-hybridized carbons (Fsp3) is 0.125. The highest BCUT2D eigenvalue weighted by molar-refractivity contribution is 7.16. The Bertz CT molecular complexity index is 812. The van der Waals surface area contributed by atoms with Gasteiger partial charge < -0.3 is 10.4 Å². The molecule has 0 bridgehead atoms. The lowest BCUT2D eigenvalue weighted by atomic mass is 10.1. The van der Waals surface area contributed by atoms with Gasteiger partial charge in [-0.2, -0.15) is 0 Å². The van der Waals surface area contributed by atoms with Crippen molar-refractivity contribution in [2.24, 2.45) is 0 Å². The van der Waals surface area contributed by atoms with Crippen LogP contribution in [-0.4, -0.2) is 17.0 Å². The van der Waals surface area contributed by atoms with Crippen LogP contribution in [0.2, 0.25) is 10.0 Å². The van der Waals surface area contributed by atoms with Crippen molar-refractivity contribution < 1.29 is 14.7 Å². The summed E-state index contributed by atoms with van der Waals surface area (Å²) < 4.78 is 0. The molecule has 1 heterocycles. The van der Waals surface area contributed by atoms with E-state index in [0.717, 1.165) is 4.88 Å². The molecule has 7 heteroatoms. The number of aryl methyl sites for hydroxylation is 1. The fourth-order valence-electron chi connectivity index (χ4n) is 1.93. The van der Waals surface area contributed by atoms with E-state index >= 15 is 0 Å². The van der Waals surface area contributed by atoms with Crippen LogP contribution in [0.5, 0.6) is 0 Å². The predicted octanol–water partition coefficient (Wildman–Crippen LogP) is 5.02. The number of thiophene rings is 1. The summed E-state index contributed by atoms with van der Waals surface area (Å²) in [5.74, 6) is -1.49. The quantitative estimate of drug-likeness (QED) is 0.743. The number of anilines is 1. The lowest BCUT2D eigenvalue weighted by Crippen LogP contribution is -2.10.